The minimum atomic E-state index is -0.409. The summed E-state index contributed by atoms with van der Waals surface area (Å²) in [5.41, 5.74) is 6.37. The Bertz CT molecular complexity index is 558. The van der Waals surface area contributed by atoms with Crippen LogP contribution in [0.1, 0.15) is 31.7 Å². The number of nitrogens with two attached hydrogens (primary N) is 1. The average Bonchev–Trinajstić information content (AvgIpc) is 3.00. The Labute approximate surface area is 105 Å². The second kappa shape index (κ2) is 4.40. The van der Waals surface area contributed by atoms with Crippen LogP contribution in [0.2, 0.25) is 0 Å². The molecule has 2 aromatic rings. The van der Waals surface area contributed by atoms with E-state index in [0.717, 1.165) is 24.2 Å². The molecular formula is C13H15FN4. The van der Waals surface area contributed by atoms with Gasteiger partial charge in [0, 0.05) is 11.6 Å². The zero-order valence-corrected chi connectivity index (χ0v) is 10.0. The van der Waals surface area contributed by atoms with E-state index in [9.17, 15) is 4.39 Å². The lowest BCUT2D eigenvalue weighted by molar-refractivity contribution is 0.521. The molecule has 0 spiro atoms. The highest BCUT2D eigenvalue weighted by Crippen LogP contribution is 2.32. The van der Waals surface area contributed by atoms with Crippen molar-refractivity contribution in [1.29, 1.82) is 0 Å². The van der Waals surface area contributed by atoms with Gasteiger partial charge in [0.15, 0.2) is 5.82 Å². The SMILES string of the molecule is Nc1ccc(-c2nncn2C2CCCC2)cc1F. The highest BCUT2D eigenvalue weighted by Gasteiger charge is 2.20. The topological polar surface area (TPSA) is 56.7 Å². The van der Waals surface area contributed by atoms with E-state index in [0.29, 0.717) is 6.04 Å². The first-order valence-corrected chi connectivity index (χ1v) is 6.20. The molecule has 0 amide bonds. The third-order valence-electron chi connectivity index (χ3n) is 3.55. The van der Waals surface area contributed by atoms with E-state index >= 15 is 0 Å². The van der Waals surface area contributed by atoms with E-state index in [4.69, 9.17) is 5.73 Å². The van der Waals surface area contributed by atoms with Crippen LogP contribution in [0.3, 0.4) is 0 Å². The van der Waals surface area contributed by atoms with Crippen LogP contribution >= 0.6 is 0 Å². The van der Waals surface area contributed by atoms with Crippen molar-refractivity contribution < 1.29 is 4.39 Å². The minimum Gasteiger partial charge on any atom is -0.396 e. The van der Waals surface area contributed by atoms with Crippen LogP contribution in [0.25, 0.3) is 11.4 Å². The lowest BCUT2D eigenvalue weighted by Crippen LogP contribution is -2.05. The van der Waals surface area contributed by atoms with Gasteiger partial charge in [-0.3, -0.25) is 0 Å². The number of halogens is 1. The van der Waals surface area contributed by atoms with Crippen molar-refractivity contribution in [3.63, 3.8) is 0 Å². The fourth-order valence-corrected chi connectivity index (χ4v) is 2.57. The Morgan fingerprint density at radius 3 is 2.78 bits per heavy atom. The van der Waals surface area contributed by atoms with Gasteiger partial charge < -0.3 is 10.3 Å². The molecule has 18 heavy (non-hydrogen) atoms. The molecule has 0 radical (unpaired) electrons. The summed E-state index contributed by atoms with van der Waals surface area (Å²) >= 11 is 0. The Balaban J connectivity index is 2.00. The molecule has 94 valence electrons. The summed E-state index contributed by atoms with van der Waals surface area (Å²) in [7, 11) is 0. The zero-order valence-electron chi connectivity index (χ0n) is 10.0. The zero-order chi connectivity index (χ0) is 12.5. The van der Waals surface area contributed by atoms with E-state index in [2.05, 4.69) is 14.8 Å². The molecule has 0 bridgehead atoms. The summed E-state index contributed by atoms with van der Waals surface area (Å²) in [6.45, 7) is 0. The van der Waals surface area contributed by atoms with Gasteiger partial charge in [-0.05, 0) is 31.0 Å². The molecular weight excluding hydrogens is 231 g/mol. The van der Waals surface area contributed by atoms with Gasteiger partial charge in [-0.25, -0.2) is 4.39 Å². The Morgan fingerprint density at radius 1 is 1.28 bits per heavy atom. The molecule has 0 unspecified atom stereocenters. The first kappa shape index (κ1) is 11.2. The number of benzene rings is 1. The number of hydrogen-bond acceptors (Lipinski definition) is 3. The van der Waals surface area contributed by atoms with Crippen molar-refractivity contribution in [1.82, 2.24) is 14.8 Å². The summed E-state index contributed by atoms with van der Waals surface area (Å²) in [5, 5.41) is 8.06. The summed E-state index contributed by atoms with van der Waals surface area (Å²) < 4.78 is 15.6. The molecule has 2 N–H and O–H groups in total. The van der Waals surface area contributed by atoms with Crippen molar-refractivity contribution in [3.8, 4) is 11.4 Å². The van der Waals surface area contributed by atoms with Crippen LogP contribution in [0.15, 0.2) is 24.5 Å². The fourth-order valence-electron chi connectivity index (χ4n) is 2.57. The van der Waals surface area contributed by atoms with Crippen molar-refractivity contribution in [2.45, 2.75) is 31.7 Å². The minimum absolute atomic E-state index is 0.158. The predicted molar refractivity (Wildman–Crippen MR) is 67.3 cm³/mol. The standard InChI is InChI=1S/C13H15FN4/c14-11-7-9(5-6-12(11)15)13-17-16-8-18(13)10-3-1-2-4-10/h5-8,10H,1-4,15H2. The van der Waals surface area contributed by atoms with Crippen LogP contribution < -0.4 is 5.73 Å². The Morgan fingerprint density at radius 2 is 2.06 bits per heavy atom. The number of hydrogen-bond donors (Lipinski definition) is 1. The molecule has 1 aliphatic carbocycles. The third-order valence-corrected chi connectivity index (χ3v) is 3.55. The van der Waals surface area contributed by atoms with Gasteiger partial charge >= 0.3 is 0 Å². The molecule has 5 heteroatoms. The number of aromatic nitrogens is 3. The second-order valence-electron chi connectivity index (χ2n) is 4.74. The molecule has 1 fully saturated rings. The second-order valence-corrected chi connectivity index (χ2v) is 4.74. The molecule has 1 aromatic heterocycles. The molecule has 0 atom stereocenters. The molecule has 1 aromatic carbocycles. The molecule has 3 rings (SSSR count). The van der Waals surface area contributed by atoms with Gasteiger partial charge in [0.05, 0.1) is 5.69 Å². The summed E-state index contributed by atoms with van der Waals surface area (Å²) in [6.07, 6.45) is 6.49. The van der Waals surface area contributed by atoms with Crippen LogP contribution in [-0.4, -0.2) is 14.8 Å². The predicted octanol–water partition coefficient (Wildman–Crippen LogP) is 2.78. The van der Waals surface area contributed by atoms with E-state index in [1.54, 1.807) is 18.5 Å². The summed E-state index contributed by atoms with van der Waals surface area (Å²) in [4.78, 5) is 0. The maximum absolute atomic E-state index is 13.5. The van der Waals surface area contributed by atoms with Gasteiger partial charge in [-0.15, -0.1) is 10.2 Å². The molecule has 0 aliphatic heterocycles. The monoisotopic (exact) mass is 246 g/mol. The van der Waals surface area contributed by atoms with E-state index in [-0.39, 0.29) is 5.69 Å². The van der Waals surface area contributed by atoms with Gasteiger partial charge in [0.25, 0.3) is 0 Å². The maximum atomic E-state index is 13.5. The van der Waals surface area contributed by atoms with Crippen molar-refractivity contribution in [2.24, 2.45) is 0 Å². The number of nitrogen functional groups attached to an aromatic ring is 1. The smallest absolute Gasteiger partial charge is 0.164 e. The van der Waals surface area contributed by atoms with Gasteiger partial charge in [0.2, 0.25) is 0 Å². The Kier molecular flexibility index (Phi) is 2.74. The van der Waals surface area contributed by atoms with Crippen molar-refractivity contribution >= 4 is 5.69 Å². The summed E-state index contributed by atoms with van der Waals surface area (Å²) in [6, 6.07) is 5.22. The summed E-state index contributed by atoms with van der Waals surface area (Å²) in [5.74, 6) is 0.314. The van der Waals surface area contributed by atoms with Crippen LogP contribution in [0.5, 0.6) is 0 Å². The quantitative estimate of drug-likeness (QED) is 0.829. The maximum Gasteiger partial charge on any atom is 0.164 e. The van der Waals surface area contributed by atoms with Crippen LogP contribution in [0, 0.1) is 5.82 Å². The van der Waals surface area contributed by atoms with Crippen molar-refractivity contribution in [2.75, 3.05) is 5.73 Å². The molecule has 1 aliphatic rings. The van der Waals surface area contributed by atoms with E-state index < -0.39 is 5.82 Å². The van der Waals surface area contributed by atoms with Crippen LogP contribution in [-0.2, 0) is 0 Å². The van der Waals surface area contributed by atoms with E-state index in [1.165, 1.54) is 18.9 Å². The highest BCUT2D eigenvalue weighted by molar-refractivity contribution is 5.59. The lowest BCUT2D eigenvalue weighted by atomic mass is 10.1. The molecule has 1 saturated carbocycles. The molecule has 0 saturated heterocycles. The third kappa shape index (κ3) is 1.85. The molecule has 1 heterocycles. The van der Waals surface area contributed by atoms with Gasteiger partial charge in [-0.1, -0.05) is 12.8 Å². The number of rotatable bonds is 2. The Hall–Kier alpha value is -1.91. The van der Waals surface area contributed by atoms with Crippen LogP contribution in [0.4, 0.5) is 10.1 Å². The van der Waals surface area contributed by atoms with Gasteiger partial charge in [-0.2, -0.15) is 0 Å². The first-order chi connectivity index (χ1) is 8.75. The fraction of sp³-hybridized carbons (Fsp3) is 0.385. The number of anilines is 1. The van der Waals surface area contributed by atoms with Gasteiger partial charge in [0.1, 0.15) is 12.1 Å². The largest absolute Gasteiger partial charge is 0.396 e. The highest BCUT2D eigenvalue weighted by atomic mass is 19.1. The average molecular weight is 246 g/mol. The van der Waals surface area contributed by atoms with E-state index in [1.807, 2.05) is 0 Å². The normalized spacial score (nSPS) is 16.3. The lowest BCUT2D eigenvalue weighted by Gasteiger charge is -2.13. The molecule has 4 nitrogen and oxygen atoms in total. The number of nitrogens with zero attached hydrogens (tertiary/aromatic N) is 3. The van der Waals surface area contributed by atoms with Crippen molar-refractivity contribution in [3.05, 3.63) is 30.3 Å². The first-order valence-electron chi connectivity index (χ1n) is 6.20.